The van der Waals surface area contributed by atoms with E-state index in [0.717, 1.165) is 24.8 Å². The zero-order valence-corrected chi connectivity index (χ0v) is 14.4. The molecule has 94 valence electrons. The van der Waals surface area contributed by atoms with Crippen molar-refractivity contribution in [1.82, 2.24) is 9.97 Å². The molecule has 7 heteroatoms. The average molecular weight is 456 g/mol. The van der Waals surface area contributed by atoms with Gasteiger partial charge in [0.25, 0.3) is 0 Å². The summed E-state index contributed by atoms with van der Waals surface area (Å²) >= 11 is 16.2. The monoisotopic (exact) mass is 453 g/mol. The molecular formula is C11H7Br3ClN3. The minimum atomic E-state index is 0.437. The van der Waals surface area contributed by atoms with E-state index in [4.69, 9.17) is 11.6 Å². The minimum Gasteiger partial charge on any atom is -0.377 e. The standard InChI is InChI=1S/C11H7Br3ClN3/c12-6-1-8(14)10(16-3-6)5-17-9-2-7(13)4-18-11(9)15/h1-4,17H,5H2. The number of rotatable bonds is 3. The van der Waals surface area contributed by atoms with Crippen LogP contribution in [0.3, 0.4) is 0 Å². The number of halogens is 4. The summed E-state index contributed by atoms with van der Waals surface area (Å²) in [4.78, 5) is 8.36. The van der Waals surface area contributed by atoms with Crippen LogP contribution in [0.5, 0.6) is 0 Å². The van der Waals surface area contributed by atoms with Crippen LogP contribution in [-0.2, 0) is 6.54 Å². The fourth-order valence-electron chi connectivity index (χ4n) is 1.30. The normalized spacial score (nSPS) is 10.4. The molecule has 2 aromatic heterocycles. The molecule has 0 spiro atoms. The van der Waals surface area contributed by atoms with Gasteiger partial charge in [-0.1, -0.05) is 11.6 Å². The lowest BCUT2D eigenvalue weighted by molar-refractivity contribution is 1.02. The third-order valence-corrected chi connectivity index (χ3v) is 3.99. The molecule has 0 atom stereocenters. The van der Waals surface area contributed by atoms with Crippen molar-refractivity contribution in [1.29, 1.82) is 0 Å². The minimum absolute atomic E-state index is 0.437. The summed E-state index contributed by atoms with van der Waals surface area (Å²) < 4.78 is 2.74. The Labute approximate surface area is 135 Å². The molecule has 0 amide bonds. The molecule has 1 N–H and O–H groups in total. The van der Waals surface area contributed by atoms with Gasteiger partial charge in [0.15, 0.2) is 5.15 Å². The van der Waals surface area contributed by atoms with Gasteiger partial charge in [-0.15, -0.1) is 0 Å². The van der Waals surface area contributed by atoms with Crippen LogP contribution in [0.15, 0.2) is 37.9 Å². The Morgan fingerprint density at radius 2 is 1.72 bits per heavy atom. The summed E-state index contributed by atoms with van der Waals surface area (Å²) in [5, 5.41) is 3.63. The maximum atomic E-state index is 5.99. The van der Waals surface area contributed by atoms with Gasteiger partial charge < -0.3 is 5.32 Å². The molecule has 18 heavy (non-hydrogen) atoms. The SMILES string of the molecule is Clc1ncc(Br)cc1NCc1ncc(Br)cc1Br. The summed E-state index contributed by atoms with van der Waals surface area (Å²) in [5.74, 6) is 0. The number of hydrogen-bond acceptors (Lipinski definition) is 3. The zero-order valence-electron chi connectivity index (χ0n) is 8.92. The van der Waals surface area contributed by atoms with Crippen molar-refractivity contribution in [3.63, 3.8) is 0 Å². The highest BCUT2D eigenvalue weighted by atomic mass is 79.9. The van der Waals surface area contributed by atoms with Gasteiger partial charge >= 0.3 is 0 Å². The smallest absolute Gasteiger partial charge is 0.152 e. The maximum absolute atomic E-state index is 5.99. The quantitative estimate of drug-likeness (QED) is 0.659. The van der Waals surface area contributed by atoms with E-state index < -0.39 is 0 Å². The van der Waals surface area contributed by atoms with E-state index >= 15 is 0 Å². The Morgan fingerprint density at radius 3 is 2.44 bits per heavy atom. The van der Waals surface area contributed by atoms with E-state index in [1.165, 1.54) is 0 Å². The van der Waals surface area contributed by atoms with Gasteiger partial charge in [0.2, 0.25) is 0 Å². The molecule has 0 aliphatic carbocycles. The molecule has 0 saturated carbocycles. The first-order valence-electron chi connectivity index (χ1n) is 4.91. The summed E-state index contributed by atoms with van der Waals surface area (Å²) in [6.07, 6.45) is 3.41. The molecule has 0 radical (unpaired) electrons. The zero-order chi connectivity index (χ0) is 13.1. The molecule has 2 heterocycles. The molecule has 0 aromatic carbocycles. The number of hydrogen-bond donors (Lipinski definition) is 1. The van der Waals surface area contributed by atoms with Gasteiger partial charge in [0.05, 0.1) is 17.9 Å². The van der Waals surface area contributed by atoms with Crippen LogP contribution in [-0.4, -0.2) is 9.97 Å². The molecule has 2 aromatic rings. The van der Waals surface area contributed by atoms with Crippen molar-refractivity contribution in [3.05, 3.63) is 48.8 Å². The molecule has 3 nitrogen and oxygen atoms in total. The Kier molecular flexibility index (Phi) is 5.00. The topological polar surface area (TPSA) is 37.8 Å². The van der Waals surface area contributed by atoms with Crippen LogP contribution in [0, 0.1) is 0 Å². The van der Waals surface area contributed by atoms with E-state index in [-0.39, 0.29) is 0 Å². The van der Waals surface area contributed by atoms with Crippen LogP contribution in [0.4, 0.5) is 5.69 Å². The van der Waals surface area contributed by atoms with E-state index in [1.807, 2.05) is 12.1 Å². The van der Waals surface area contributed by atoms with Crippen LogP contribution in [0.2, 0.25) is 5.15 Å². The van der Waals surface area contributed by atoms with Crippen molar-refractivity contribution in [3.8, 4) is 0 Å². The second-order valence-electron chi connectivity index (χ2n) is 3.43. The molecule has 0 aliphatic rings. The number of nitrogens with one attached hydrogen (secondary N) is 1. The lowest BCUT2D eigenvalue weighted by atomic mass is 10.3. The van der Waals surface area contributed by atoms with Crippen LogP contribution < -0.4 is 5.32 Å². The predicted molar refractivity (Wildman–Crippen MR) is 83.9 cm³/mol. The highest BCUT2D eigenvalue weighted by molar-refractivity contribution is 9.11. The Balaban J connectivity index is 2.13. The first-order chi connectivity index (χ1) is 8.56. The van der Waals surface area contributed by atoms with Crippen molar-refractivity contribution >= 4 is 65.1 Å². The molecular weight excluding hydrogens is 449 g/mol. The Hall–Kier alpha value is -0.170. The number of anilines is 1. The third-order valence-electron chi connectivity index (χ3n) is 2.14. The van der Waals surface area contributed by atoms with Crippen LogP contribution >= 0.6 is 59.4 Å². The first-order valence-corrected chi connectivity index (χ1v) is 7.67. The number of aromatic nitrogens is 2. The van der Waals surface area contributed by atoms with Gasteiger partial charge in [-0.2, -0.15) is 0 Å². The third kappa shape index (κ3) is 3.66. The summed E-state index contributed by atoms with van der Waals surface area (Å²) in [7, 11) is 0. The van der Waals surface area contributed by atoms with Crippen molar-refractivity contribution in [2.75, 3.05) is 5.32 Å². The summed E-state index contributed by atoms with van der Waals surface area (Å²) in [6, 6.07) is 3.83. The average Bonchev–Trinajstić information content (AvgIpc) is 2.32. The van der Waals surface area contributed by atoms with Crippen molar-refractivity contribution in [2.45, 2.75) is 6.54 Å². The lowest BCUT2D eigenvalue weighted by Crippen LogP contribution is -2.03. The van der Waals surface area contributed by atoms with Gasteiger partial charge in [0, 0.05) is 25.8 Å². The summed E-state index contributed by atoms with van der Waals surface area (Å²) in [5.41, 5.74) is 1.66. The van der Waals surface area contributed by atoms with E-state index in [1.54, 1.807) is 12.4 Å². The van der Waals surface area contributed by atoms with Crippen LogP contribution in [0.1, 0.15) is 5.69 Å². The van der Waals surface area contributed by atoms with E-state index in [0.29, 0.717) is 11.7 Å². The second-order valence-corrected chi connectivity index (χ2v) is 6.47. The lowest BCUT2D eigenvalue weighted by Gasteiger charge is -2.09. The molecule has 0 fully saturated rings. The first kappa shape index (κ1) is 14.2. The predicted octanol–water partition coefficient (Wildman–Crippen LogP) is 5.03. The fraction of sp³-hybridized carbons (Fsp3) is 0.0909. The maximum Gasteiger partial charge on any atom is 0.152 e. The van der Waals surface area contributed by atoms with E-state index in [9.17, 15) is 0 Å². The number of pyridine rings is 2. The molecule has 0 unspecified atom stereocenters. The van der Waals surface area contributed by atoms with Gasteiger partial charge in [-0.3, -0.25) is 4.98 Å². The van der Waals surface area contributed by atoms with Gasteiger partial charge in [-0.25, -0.2) is 4.98 Å². The number of nitrogens with zero attached hydrogens (tertiary/aromatic N) is 2. The van der Waals surface area contributed by atoms with Crippen molar-refractivity contribution < 1.29 is 0 Å². The largest absolute Gasteiger partial charge is 0.377 e. The molecule has 0 aliphatic heterocycles. The van der Waals surface area contributed by atoms with Gasteiger partial charge in [-0.05, 0) is 59.9 Å². The molecule has 2 rings (SSSR count). The molecule has 0 bridgehead atoms. The highest BCUT2D eigenvalue weighted by Crippen LogP contribution is 2.25. The van der Waals surface area contributed by atoms with E-state index in [2.05, 4.69) is 63.1 Å². The highest BCUT2D eigenvalue weighted by Gasteiger charge is 2.05. The Morgan fingerprint density at radius 1 is 1.06 bits per heavy atom. The van der Waals surface area contributed by atoms with Crippen LogP contribution in [0.25, 0.3) is 0 Å². The summed E-state index contributed by atoms with van der Waals surface area (Å²) in [6.45, 7) is 0.561. The Bertz CT molecular complexity index is 577. The fourth-order valence-corrected chi connectivity index (χ4v) is 2.93. The van der Waals surface area contributed by atoms with Gasteiger partial charge in [0.1, 0.15) is 0 Å². The molecule has 0 saturated heterocycles. The second kappa shape index (κ2) is 6.32. The van der Waals surface area contributed by atoms with Crippen molar-refractivity contribution in [2.24, 2.45) is 0 Å².